The Balaban J connectivity index is 1.65. The van der Waals surface area contributed by atoms with Crippen LogP contribution in [0.25, 0.3) is 22.0 Å². The average Bonchev–Trinajstić information content (AvgIpc) is 3.38. The van der Waals surface area contributed by atoms with Crippen LogP contribution in [0.3, 0.4) is 0 Å². The lowest BCUT2D eigenvalue weighted by Gasteiger charge is -2.11. The van der Waals surface area contributed by atoms with Gasteiger partial charge < -0.3 is 9.73 Å². The highest BCUT2D eigenvalue weighted by Crippen LogP contribution is 2.34. The summed E-state index contributed by atoms with van der Waals surface area (Å²) in [6, 6.07) is 6.27. The summed E-state index contributed by atoms with van der Waals surface area (Å²) in [7, 11) is 0. The molecule has 3 heterocycles. The maximum absolute atomic E-state index is 5.44. The Morgan fingerprint density at radius 3 is 2.78 bits per heavy atom. The summed E-state index contributed by atoms with van der Waals surface area (Å²) in [5, 5.41) is 7.52. The Morgan fingerprint density at radius 1 is 1.19 bits per heavy atom. The van der Waals surface area contributed by atoms with Gasteiger partial charge in [0.05, 0.1) is 27.5 Å². The number of hydrogen-bond acceptors (Lipinski definition) is 7. The number of rotatable bonds is 6. The molecule has 0 aliphatic heterocycles. The van der Waals surface area contributed by atoms with Gasteiger partial charge in [-0.05, 0) is 38.0 Å². The average molecular weight is 397 g/mol. The van der Waals surface area contributed by atoms with Crippen molar-refractivity contribution in [1.29, 1.82) is 0 Å². The van der Waals surface area contributed by atoms with Crippen LogP contribution in [-0.2, 0) is 6.42 Å². The van der Waals surface area contributed by atoms with Gasteiger partial charge in [0, 0.05) is 16.6 Å². The molecule has 1 N–H and O–H groups in total. The third-order valence-corrected chi connectivity index (χ3v) is 6.04. The van der Waals surface area contributed by atoms with Crippen LogP contribution in [0.4, 0.5) is 10.8 Å². The first kappa shape index (κ1) is 17.9. The van der Waals surface area contributed by atoms with Gasteiger partial charge in [-0.25, -0.2) is 15.0 Å². The third-order valence-electron chi connectivity index (χ3n) is 4.19. The minimum absolute atomic E-state index is 0.622. The number of nitrogens with zero attached hydrogens (tertiary/aromatic N) is 3. The van der Waals surface area contributed by atoms with E-state index in [2.05, 4.69) is 45.8 Å². The van der Waals surface area contributed by atoms with Crippen molar-refractivity contribution in [2.24, 2.45) is 0 Å². The highest BCUT2D eigenvalue weighted by Gasteiger charge is 2.13. The number of aryl methyl sites for hydroxylation is 3. The molecule has 0 spiro atoms. The maximum atomic E-state index is 5.44. The normalized spacial score (nSPS) is 11.1. The van der Waals surface area contributed by atoms with Crippen LogP contribution < -0.4 is 5.32 Å². The molecule has 5 nitrogen and oxygen atoms in total. The van der Waals surface area contributed by atoms with E-state index in [1.807, 2.05) is 13.8 Å². The molecule has 0 bridgehead atoms. The standard InChI is InChI=1S/C20H20N4OS2/c1-4-5-14-6-7-15(19-21-8-9-25-19)10-16(14)23-20-24-17(11-26-20)18-12(2)22-13(3)27-18/h6-11H,4-5H2,1-3H3,(H,23,24). The molecule has 3 aromatic heterocycles. The molecule has 0 aliphatic rings. The SMILES string of the molecule is CCCc1ccc(-c2ncco2)cc1Nc1nc(-c2sc(C)nc2C)cs1. The highest BCUT2D eigenvalue weighted by molar-refractivity contribution is 7.16. The molecule has 0 atom stereocenters. The van der Waals surface area contributed by atoms with E-state index in [1.165, 1.54) is 5.56 Å². The smallest absolute Gasteiger partial charge is 0.225 e. The van der Waals surface area contributed by atoms with Crippen molar-refractivity contribution in [1.82, 2.24) is 15.0 Å². The van der Waals surface area contributed by atoms with E-state index in [0.29, 0.717) is 5.89 Å². The van der Waals surface area contributed by atoms with Gasteiger partial charge in [0.25, 0.3) is 0 Å². The van der Waals surface area contributed by atoms with Crippen molar-refractivity contribution in [3.8, 4) is 22.0 Å². The van der Waals surface area contributed by atoms with Crippen LogP contribution in [-0.4, -0.2) is 15.0 Å². The lowest BCUT2D eigenvalue weighted by Crippen LogP contribution is -1.97. The van der Waals surface area contributed by atoms with Crippen LogP contribution in [0.5, 0.6) is 0 Å². The molecule has 27 heavy (non-hydrogen) atoms. The molecule has 0 saturated heterocycles. The van der Waals surface area contributed by atoms with E-state index >= 15 is 0 Å². The molecule has 4 aromatic rings. The van der Waals surface area contributed by atoms with Crippen molar-refractivity contribution < 1.29 is 4.42 Å². The lowest BCUT2D eigenvalue weighted by molar-refractivity contribution is 0.574. The first-order valence-corrected chi connectivity index (χ1v) is 10.5. The zero-order valence-electron chi connectivity index (χ0n) is 15.4. The fourth-order valence-corrected chi connectivity index (χ4v) is 4.67. The molecule has 7 heteroatoms. The van der Waals surface area contributed by atoms with Gasteiger partial charge in [0.1, 0.15) is 6.26 Å². The fourth-order valence-electron chi connectivity index (χ4n) is 3.00. The van der Waals surface area contributed by atoms with Crippen LogP contribution in [0.1, 0.15) is 29.6 Å². The second-order valence-corrected chi connectivity index (χ2v) is 8.33. The molecule has 0 radical (unpaired) electrons. The first-order chi connectivity index (χ1) is 13.1. The van der Waals surface area contributed by atoms with Gasteiger partial charge in [-0.3, -0.25) is 0 Å². The van der Waals surface area contributed by atoms with Crippen molar-refractivity contribution in [3.05, 3.63) is 52.3 Å². The molecule has 1 aromatic carbocycles. The zero-order valence-corrected chi connectivity index (χ0v) is 17.1. The number of aromatic nitrogens is 3. The highest BCUT2D eigenvalue weighted by atomic mass is 32.1. The minimum Gasteiger partial charge on any atom is -0.445 e. The number of oxazole rings is 1. The summed E-state index contributed by atoms with van der Waals surface area (Å²) in [6.45, 7) is 6.24. The summed E-state index contributed by atoms with van der Waals surface area (Å²) >= 11 is 3.29. The van der Waals surface area contributed by atoms with E-state index in [1.54, 1.807) is 35.1 Å². The molecular formula is C20H20N4OS2. The molecule has 0 fully saturated rings. The molecule has 0 saturated carbocycles. The number of hydrogen-bond donors (Lipinski definition) is 1. The van der Waals surface area contributed by atoms with Crippen LogP contribution in [0.15, 0.2) is 40.5 Å². The van der Waals surface area contributed by atoms with Crippen LogP contribution >= 0.6 is 22.7 Å². The van der Waals surface area contributed by atoms with Gasteiger partial charge in [-0.1, -0.05) is 19.4 Å². The molecular weight excluding hydrogens is 376 g/mol. The predicted octanol–water partition coefficient (Wildman–Crippen LogP) is 6.23. The summed E-state index contributed by atoms with van der Waals surface area (Å²) < 4.78 is 5.44. The lowest BCUT2D eigenvalue weighted by atomic mass is 10.0. The molecule has 138 valence electrons. The summed E-state index contributed by atoms with van der Waals surface area (Å²) in [5.41, 5.74) is 5.27. The Labute approximate surface area is 166 Å². The van der Waals surface area contributed by atoms with Crippen molar-refractivity contribution in [3.63, 3.8) is 0 Å². The van der Waals surface area contributed by atoms with Crippen molar-refractivity contribution in [2.75, 3.05) is 5.32 Å². The number of anilines is 2. The monoisotopic (exact) mass is 396 g/mol. The second-order valence-electron chi connectivity index (χ2n) is 6.27. The quantitative estimate of drug-likeness (QED) is 0.418. The van der Waals surface area contributed by atoms with Crippen molar-refractivity contribution in [2.45, 2.75) is 33.6 Å². The third kappa shape index (κ3) is 3.79. The van der Waals surface area contributed by atoms with Gasteiger partial charge in [-0.2, -0.15) is 0 Å². The Hall–Kier alpha value is -2.51. The van der Waals surface area contributed by atoms with E-state index in [4.69, 9.17) is 9.40 Å². The molecule has 0 amide bonds. The van der Waals surface area contributed by atoms with Gasteiger partial charge in [-0.15, -0.1) is 22.7 Å². The van der Waals surface area contributed by atoms with Crippen LogP contribution in [0.2, 0.25) is 0 Å². The molecule has 0 aliphatic carbocycles. The van der Waals surface area contributed by atoms with Gasteiger partial charge in [0.2, 0.25) is 5.89 Å². The molecule has 4 rings (SSSR count). The largest absolute Gasteiger partial charge is 0.445 e. The van der Waals surface area contributed by atoms with E-state index < -0.39 is 0 Å². The van der Waals surface area contributed by atoms with E-state index in [0.717, 1.165) is 50.5 Å². The topological polar surface area (TPSA) is 63.8 Å². The summed E-state index contributed by atoms with van der Waals surface area (Å²) in [6.07, 6.45) is 5.33. The minimum atomic E-state index is 0.622. The summed E-state index contributed by atoms with van der Waals surface area (Å²) in [4.78, 5) is 14.7. The number of thiazole rings is 2. The molecule has 0 unspecified atom stereocenters. The first-order valence-electron chi connectivity index (χ1n) is 8.83. The van der Waals surface area contributed by atoms with Gasteiger partial charge in [0.15, 0.2) is 5.13 Å². The number of benzene rings is 1. The van der Waals surface area contributed by atoms with Crippen molar-refractivity contribution >= 4 is 33.5 Å². The van der Waals surface area contributed by atoms with E-state index in [9.17, 15) is 0 Å². The second kappa shape index (κ2) is 7.62. The Bertz CT molecular complexity index is 1050. The Kier molecular flexibility index (Phi) is 5.05. The Morgan fingerprint density at radius 2 is 2.07 bits per heavy atom. The predicted molar refractivity (Wildman–Crippen MR) is 112 cm³/mol. The van der Waals surface area contributed by atoms with Crippen LogP contribution in [0, 0.1) is 13.8 Å². The summed E-state index contributed by atoms with van der Waals surface area (Å²) in [5.74, 6) is 0.622. The fraction of sp³-hybridized carbons (Fsp3) is 0.250. The van der Waals surface area contributed by atoms with Gasteiger partial charge >= 0.3 is 0 Å². The maximum Gasteiger partial charge on any atom is 0.225 e. The van der Waals surface area contributed by atoms with E-state index in [-0.39, 0.29) is 0 Å². The zero-order chi connectivity index (χ0) is 18.8. The number of nitrogens with one attached hydrogen (secondary N) is 1.